The Balaban J connectivity index is 2.26. The number of hydrogen-bond donors (Lipinski definition) is 0. The highest BCUT2D eigenvalue weighted by molar-refractivity contribution is 5.89. The molecule has 0 atom stereocenters. The van der Waals surface area contributed by atoms with Crippen molar-refractivity contribution in [2.24, 2.45) is 0 Å². The second-order valence-corrected chi connectivity index (χ2v) is 4.03. The van der Waals surface area contributed by atoms with Crippen molar-refractivity contribution in [3.63, 3.8) is 0 Å². The average Bonchev–Trinajstić information content (AvgIpc) is 2.40. The number of halogens is 1. The number of carbonyl (C=O) groups is 1. The molecule has 0 aliphatic heterocycles. The summed E-state index contributed by atoms with van der Waals surface area (Å²) in [6.45, 7) is 3.34. The maximum absolute atomic E-state index is 13.6. The molecule has 0 aliphatic carbocycles. The molecule has 4 nitrogen and oxygen atoms in total. The SMILES string of the molecule is COCCOCCCOC(=O)c1cccc(C)c1F. The summed E-state index contributed by atoms with van der Waals surface area (Å²) in [5.74, 6) is -1.16. The van der Waals surface area contributed by atoms with E-state index in [1.165, 1.54) is 6.07 Å². The lowest BCUT2D eigenvalue weighted by Gasteiger charge is -2.07. The largest absolute Gasteiger partial charge is 0.462 e. The molecule has 0 saturated carbocycles. The van der Waals surface area contributed by atoms with Crippen LogP contribution in [0.1, 0.15) is 22.3 Å². The standard InChI is InChI=1S/C14H19FO4/c1-11-5-3-6-12(13(11)15)14(16)19-8-4-7-18-10-9-17-2/h3,5-6H,4,7-10H2,1-2H3. The Labute approximate surface area is 112 Å². The molecule has 5 heteroatoms. The minimum Gasteiger partial charge on any atom is -0.462 e. The lowest BCUT2D eigenvalue weighted by molar-refractivity contribution is 0.0381. The third-order valence-corrected chi connectivity index (χ3v) is 2.51. The first-order valence-corrected chi connectivity index (χ1v) is 6.15. The van der Waals surface area contributed by atoms with Gasteiger partial charge in [-0.05, 0) is 18.6 Å². The van der Waals surface area contributed by atoms with Gasteiger partial charge in [0.15, 0.2) is 0 Å². The van der Waals surface area contributed by atoms with Gasteiger partial charge in [0, 0.05) is 20.1 Å². The fourth-order valence-electron chi connectivity index (χ4n) is 1.45. The third kappa shape index (κ3) is 5.36. The van der Waals surface area contributed by atoms with Gasteiger partial charge < -0.3 is 14.2 Å². The molecule has 0 aromatic heterocycles. The number of ether oxygens (including phenoxy) is 3. The number of aryl methyl sites for hydroxylation is 1. The van der Waals surface area contributed by atoms with Gasteiger partial charge in [0.1, 0.15) is 5.82 Å². The van der Waals surface area contributed by atoms with Crippen LogP contribution in [0.25, 0.3) is 0 Å². The quantitative estimate of drug-likeness (QED) is 0.537. The highest BCUT2D eigenvalue weighted by Crippen LogP contribution is 2.12. The van der Waals surface area contributed by atoms with E-state index >= 15 is 0 Å². The molecule has 0 aliphatic rings. The molecule has 1 rings (SSSR count). The van der Waals surface area contributed by atoms with E-state index in [1.54, 1.807) is 26.2 Å². The molecule has 0 bridgehead atoms. The molecule has 0 fully saturated rings. The summed E-state index contributed by atoms with van der Waals surface area (Å²) in [7, 11) is 1.60. The van der Waals surface area contributed by atoms with Crippen molar-refractivity contribution in [1.82, 2.24) is 0 Å². The van der Waals surface area contributed by atoms with E-state index in [4.69, 9.17) is 14.2 Å². The second-order valence-electron chi connectivity index (χ2n) is 4.03. The molecule has 0 N–H and O–H groups in total. The van der Waals surface area contributed by atoms with Crippen LogP contribution in [-0.4, -0.2) is 39.5 Å². The average molecular weight is 270 g/mol. The van der Waals surface area contributed by atoms with Crippen LogP contribution in [0.3, 0.4) is 0 Å². The summed E-state index contributed by atoms with van der Waals surface area (Å²) in [6, 6.07) is 4.65. The van der Waals surface area contributed by atoms with Crippen molar-refractivity contribution in [3.05, 3.63) is 35.1 Å². The minimum absolute atomic E-state index is 0.0275. The highest BCUT2D eigenvalue weighted by Gasteiger charge is 2.13. The van der Waals surface area contributed by atoms with Crippen LogP contribution < -0.4 is 0 Å². The Morgan fingerprint density at radius 3 is 2.74 bits per heavy atom. The number of esters is 1. The van der Waals surface area contributed by atoms with Crippen molar-refractivity contribution in [2.45, 2.75) is 13.3 Å². The number of carbonyl (C=O) groups excluding carboxylic acids is 1. The third-order valence-electron chi connectivity index (χ3n) is 2.51. The van der Waals surface area contributed by atoms with Gasteiger partial charge in [-0.15, -0.1) is 0 Å². The van der Waals surface area contributed by atoms with Crippen LogP contribution in [-0.2, 0) is 14.2 Å². The predicted molar refractivity (Wildman–Crippen MR) is 68.7 cm³/mol. The molecule has 1 aromatic rings. The molecule has 0 spiro atoms. The van der Waals surface area contributed by atoms with Crippen molar-refractivity contribution in [1.29, 1.82) is 0 Å². The molecule has 0 unspecified atom stereocenters. The van der Waals surface area contributed by atoms with E-state index in [1.807, 2.05) is 0 Å². The molecular weight excluding hydrogens is 251 g/mol. The zero-order valence-corrected chi connectivity index (χ0v) is 11.3. The predicted octanol–water partition coefficient (Wildman–Crippen LogP) is 2.34. The van der Waals surface area contributed by atoms with Crippen LogP contribution in [0.4, 0.5) is 4.39 Å². The van der Waals surface area contributed by atoms with Crippen LogP contribution in [0, 0.1) is 12.7 Å². The molecule has 0 saturated heterocycles. The topological polar surface area (TPSA) is 44.8 Å². The fourth-order valence-corrected chi connectivity index (χ4v) is 1.45. The molecule has 0 amide bonds. The fraction of sp³-hybridized carbons (Fsp3) is 0.500. The maximum atomic E-state index is 13.6. The van der Waals surface area contributed by atoms with Gasteiger partial charge in [-0.3, -0.25) is 0 Å². The zero-order chi connectivity index (χ0) is 14.1. The number of hydrogen-bond acceptors (Lipinski definition) is 4. The molecule has 19 heavy (non-hydrogen) atoms. The molecule has 0 heterocycles. The van der Waals surface area contributed by atoms with E-state index in [0.717, 1.165) is 0 Å². The summed E-state index contributed by atoms with van der Waals surface area (Å²) in [5, 5.41) is 0. The Morgan fingerprint density at radius 2 is 2.00 bits per heavy atom. The molecule has 106 valence electrons. The van der Waals surface area contributed by atoms with Gasteiger partial charge in [-0.25, -0.2) is 9.18 Å². The monoisotopic (exact) mass is 270 g/mol. The molecule has 0 radical (unpaired) electrons. The Bertz CT molecular complexity index is 406. The van der Waals surface area contributed by atoms with Crippen LogP contribution in [0.15, 0.2) is 18.2 Å². The van der Waals surface area contributed by atoms with E-state index in [2.05, 4.69) is 0 Å². The van der Waals surface area contributed by atoms with Crippen molar-refractivity contribution < 1.29 is 23.4 Å². The number of methoxy groups -OCH3 is 1. The zero-order valence-electron chi connectivity index (χ0n) is 11.3. The Hall–Kier alpha value is -1.46. The van der Waals surface area contributed by atoms with Gasteiger partial charge in [-0.1, -0.05) is 12.1 Å². The van der Waals surface area contributed by atoms with E-state index in [0.29, 0.717) is 31.8 Å². The van der Waals surface area contributed by atoms with Crippen molar-refractivity contribution in [3.8, 4) is 0 Å². The maximum Gasteiger partial charge on any atom is 0.341 e. The van der Waals surface area contributed by atoms with Gasteiger partial charge in [0.2, 0.25) is 0 Å². The van der Waals surface area contributed by atoms with Gasteiger partial charge in [0.25, 0.3) is 0 Å². The van der Waals surface area contributed by atoms with Crippen molar-refractivity contribution in [2.75, 3.05) is 33.5 Å². The lowest BCUT2D eigenvalue weighted by Crippen LogP contribution is -2.11. The first-order chi connectivity index (χ1) is 9.16. The van der Waals surface area contributed by atoms with Crippen LogP contribution in [0.5, 0.6) is 0 Å². The summed E-state index contributed by atoms with van der Waals surface area (Å²) >= 11 is 0. The summed E-state index contributed by atoms with van der Waals surface area (Å²) in [5.41, 5.74) is 0.401. The Morgan fingerprint density at radius 1 is 1.21 bits per heavy atom. The summed E-state index contributed by atoms with van der Waals surface area (Å²) in [6.07, 6.45) is 0.572. The van der Waals surface area contributed by atoms with Gasteiger partial charge in [0.05, 0.1) is 25.4 Å². The van der Waals surface area contributed by atoms with Crippen LogP contribution >= 0.6 is 0 Å². The molecule has 1 aromatic carbocycles. The van der Waals surface area contributed by atoms with Gasteiger partial charge >= 0.3 is 5.97 Å². The highest BCUT2D eigenvalue weighted by atomic mass is 19.1. The first kappa shape index (κ1) is 15.6. The van der Waals surface area contributed by atoms with E-state index < -0.39 is 11.8 Å². The molecular formula is C14H19FO4. The van der Waals surface area contributed by atoms with Crippen molar-refractivity contribution >= 4 is 5.97 Å². The smallest absolute Gasteiger partial charge is 0.341 e. The van der Waals surface area contributed by atoms with Crippen LogP contribution in [0.2, 0.25) is 0 Å². The van der Waals surface area contributed by atoms with Gasteiger partial charge in [-0.2, -0.15) is 0 Å². The second kappa shape index (κ2) is 8.61. The van der Waals surface area contributed by atoms with E-state index in [-0.39, 0.29) is 12.2 Å². The number of rotatable bonds is 8. The number of benzene rings is 1. The Kier molecular flexibility index (Phi) is 7.07. The minimum atomic E-state index is -0.641. The summed E-state index contributed by atoms with van der Waals surface area (Å²) < 4.78 is 28.6. The lowest BCUT2D eigenvalue weighted by atomic mass is 10.1. The normalized spacial score (nSPS) is 10.5. The first-order valence-electron chi connectivity index (χ1n) is 6.15. The summed E-state index contributed by atoms with van der Waals surface area (Å²) in [4.78, 5) is 11.6. The van der Waals surface area contributed by atoms with E-state index in [9.17, 15) is 9.18 Å².